The summed E-state index contributed by atoms with van der Waals surface area (Å²) >= 11 is 13.3. The molecule has 0 fully saturated rings. The van der Waals surface area contributed by atoms with Gasteiger partial charge in [-0.25, -0.2) is 0 Å². The number of halogens is 5. The van der Waals surface area contributed by atoms with Gasteiger partial charge in [-0.1, -0.05) is 34.4 Å². The van der Waals surface area contributed by atoms with Gasteiger partial charge < -0.3 is 15.5 Å². The predicted octanol–water partition coefficient (Wildman–Crippen LogP) is 7.33. The second kappa shape index (κ2) is 11.6. The van der Waals surface area contributed by atoms with Crippen LogP contribution in [0, 0.1) is 18.3 Å². The van der Waals surface area contributed by atoms with E-state index in [1.807, 2.05) is 6.07 Å². The monoisotopic (exact) mass is 634 g/mol. The summed E-state index contributed by atoms with van der Waals surface area (Å²) in [5, 5.41) is 18.5. The van der Waals surface area contributed by atoms with E-state index in [0.717, 1.165) is 41.8 Å². The number of benzene rings is 2. The van der Waals surface area contributed by atoms with Crippen LogP contribution in [0.1, 0.15) is 67.1 Å². The zero-order chi connectivity index (χ0) is 30.2. The normalized spacial score (nSPS) is 18.0. The lowest BCUT2D eigenvalue weighted by Gasteiger charge is -2.29. The van der Waals surface area contributed by atoms with E-state index in [1.54, 1.807) is 13.0 Å². The zero-order valence-electron chi connectivity index (χ0n) is 22.1. The summed E-state index contributed by atoms with van der Waals surface area (Å²) in [7, 11) is 0. The molecular weight excluding hydrogens is 612 g/mol. The highest BCUT2D eigenvalue weighted by atomic mass is 35.5. The number of hydrogen-bond donors (Lipinski definition) is 2. The molecule has 0 bridgehead atoms. The molecule has 1 unspecified atom stereocenters. The van der Waals surface area contributed by atoms with Crippen molar-refractivity contribution in [3.63, 3.8) is 0 Å². The van der Waals surface area contributed by atoms with Crippen molar-refractivity contribution in [2.75, 3.05) is 11.9 Å². The summed E-state index contributed by atoms with van der Waals surface area (Å²) in [5.41, 5.74) is -0.634. The summed E-state index contributed by atoms with van der Waals surface area (Å²) < 4.78 is 43.1. The number of nitriles is 1. The molecule has 2 N–H and O–H groups in total. The first-order valence-corrected chi connectivity index (χ1v) is 14.5. The maximum absolute atomic E-state index is 14.4. The van der Waals surface area contributed by atoms with Crippen molar-refractivity contribution in [2.24, 2.45) is 5.16 Å². The number of nitrogens with one attached hydrogen (secondary N) is 2. The lowest BCUT2D eigenvalue weighted by molar-refractivity contribution is -0.275. The minimum absolute atomic E-state index is 0.0293. The summed E-state index contributed by atoms with van der Waals surface area (Å²) in [6.07, 6.45) is -2.06. The first-order valence-electron chi connectivity index (χ1n) is 12.9. The molecule has 13 heteroatoms. The maximum Gasteiger partial charge on any atom is 0.435 e. The average Bonchev–Trinajstić information content (AvgIpc) is 3.54. The second-order valence-electron chi connectivity index (χ2n) is 10.0. The molecule has 2 amide bonds. The quantitative estimate of drug-likeness (QED) is 0.277. The maximum atomic E-state index is 14.4. The molecule has 1 atom stereocenters. The van der Waals surface area contributed by atoms with Crippen molar-refractivity contribution in [3.05, 3.63) is 84.7 Å². The van der Waals surface area contributed by atoms with Crippen LogP contribution in [0.25, 0.3) is 0 Å². The van der Waals surface area contributed by atoms with Crippen LogP contribution in [0.15, 0.2) is 41.6 Å². The fraction of sp³-hybridized carbons (Fsp3) is 0.310. The van der Waals surface area contributed by atoms with Crippen molar-refractivity contribution >= 4 is 57.1 Å². The van der Waals surface area contributed by atoms with Crippen molar-refractivity contribution in [1.29, 1.82) is 5.26 Å². The number of carbonyl (C=O) groups excluding carboxylic acids is 2. The molecular formula is C29H23Cl2F3N4O3S. The molecule has 0 saturated carbocycles. The number of alkyl halides is 3. The number of hydrogen-bond acceptors (Lipinski definition) is 6. The molecule has 5 rings (SSSR count). The number of oxime groups is 1. The van der Waals surface area contributed by atoms with E-state index < -0.39 is 30.0 Å². The van der Waals surface area contributed by atoms with Crippen LogP contribution in [0.3, 0.4) is 0 Å². The van der Waals surface area contributed by atoms with Crippen LogP contribution in [0.5, 0.6) is 0 Å². The van der Waals surface area contributed by atoms with Crippen LogP contribution >= 0.6 is 34.5 Å². The Bertz CT molecular complexity index is 1640. The van der Waals surface area contributed by atoms with Gasteiger partial charge in [0.05, 0.1) is 17.3 Å². The molecule has 0 spiro atoms. The summed E-state index contributed by atoms with van der Waals surface area (Å²) in [6, 6.07) is 10.1. The number of aryl methyl sites for hydroxylation is 2. The smallest absolute Gasteiger partial charge is 0.374 e. The zero-order valence-corrected chi connectivity index (χ0v) is 24.5. The van der Waals surface area contributed by atoms with Gasteiger partial charge in [-0.3, -0.25) is 9.59 Å². The largest absolute Gasteiger partial charge is 0.435 e. The molecule has 1 aromatic heterocycles. The minimum atomic E-state index is -4.84. The molecule has 2 aliphatic rings. The topological polar surface area (TPSA) is 104 Å². The van der Waals surface area contributed by atoms with Gasteiger partial charge in [-0.15, -0.1) is 11.3 Å². The van der Waals surface area contributed by atoms with Gasteiger partial charge in [0, 0.05) is 32.5 Å². The van der Waals surface area contributed by atoms with Crippen LogP contribution in [-0.2, 0) is 23.3 Å². The first kappa shape index (κ1) is 29.9. The highest BCUT2D eigenvalue weighted by Crippen LogP contribution is 2.50. The number of carbonyl (C=O) groups is 2. The van der Waals surface area contributed by atoms with Crippen LogP contribution in [-0.4, -0.2) is 30.2 Å². The number of thiophene rings is 1. The molecule has 2 heterocycles. The Balaban J connectivity index is 1.40. The molecule has 2 aromatic carbocycles. The summed E-state index contributed by atoms with van der Waals surface area (Å²) in [6.45, 7) is 1.49. The lowest BCUT2D eigenvalue weighted by Crippen LogP contribution is -2.42. The number of amides is 2. The SMILES string of the molecule is Cc1cc(C2=NOC(c3cc(Cl)cc(Cl)c3)(C(F)(F)F)C2)ccc1C(=O)Nc1sc2c(c1C(=O)NCC#N)CCCC2. The molecule has 218 valence electrons. The molecule has 1 aliphatic heterocycles. The first-order chi connectivity index (χ1) is 19.9. The van der Waals surface area contributed by atoms with E-state index in [9.17, 15) is 22.8 Å². The third-order valence-corrected chi connectivity index (χ3v) is 8.92. The Hall–Kier alpha value is -3.59. The van der Waals surface area contributed by atoms with Gasteiger partial charge in [0.2, 0.25) is 0 Å². The predicted molar refractivity (Wildman–Crippen MR) is 154 cm³/mol. The van der Waals surface area contributed by atoms with E-state index in [1.165, 1.54) is 29.5 Å². The Morgan fingerprint density at radius 2 is 1.83 bits per heavy atom. The van der Waals surface area contributed by atoms with E-state index in [-0.39, 0.29) is 33.4 Å². The molecule has 42 heavy (non-hydrogen) atoms. The van der Waals surface area contributed by atoms with E-state index in [4.69, 9.17) is 33.3 Å². The second-order valence-corrected chi connectivity index (χ2v) is 12.0. The fourth-order valence-electron chi connectivity index (χ4n) is 5.22. The van der Waals surface area contributed by atoms with Gasteiger partial charge in [0.25, 0.3) is 17.4 Å². The lowest BCUT2D eigenvalue weighted by atomic mass is 9.86. The van der Waals surface area contributed by atoms with Crippen molar-refractivity contribution < 1.29 is 27.6 Å². The number of rotatable bonds is 6. The molecule has 7 nitrogen and oxygen atoms in total. The number of anilines is 1. The van der Waals surface area contributed by atoms with Crippen molar-refractivity contribution in [1.82, 2.24) is 5.32 Å². The molecule has 3 aromatic rings. The third kappa shape index (κ3) is 5.59. The number of nitrogens with zero attached hydrogens (tertiary/aromatic N) is 2. The average molecular weight is 635 g/mol. The summed E-state index contributed by atoms with van der Waals surface area (Å²) in [4.78, 5) is 32.3. The van der Waals surface area contributed by atoms with E-state index in [0.29, 0.717) is 28.1 Å². The number of fused-ring (bicyclic) bond motifs is 1. The Kier molecular flexibility index (Phi) is 8.25. The van der Waals surface area contributed by atoms with Gasteiger partial charge in [0.15, 0.2) is 0 Å². The standard InChI is InChI=1S/C29H23Cl2F3N4O3S/c1-15-10-16(22-14-28(41-38-22,29(32,33)34)17-11-18(30)13-19(31)12-17)6-7-20(15)25(39)37-27-24(26(40)36-9-8-35)21-4-2-3-5-23(21)42-27/h6-7,10-13H,2-5,9,14H2,1H3,(H,36,40)(H,37,39). The highest BCUT2D eigenvalue weighted by molar-refractivity contribution is 7.17. The fourth-order valence-corrected chi connectivity index (χ4v) is 7.02. The Labute approximate surface area is 253 Å². The van der Waals surface area contributed by atoms with Crippen molar-refractivity contribution in [3.8, 4) is 6.07 Å². The molecule has 0 saturated heterocycles. The highest BCUT2D eigenvalue weighted by Gasteiger charge is 2.62. The Morgan fingerprint density at radius 1 is 1.12 bits per heavy atom. The van der Waals surface area contributed by atoms with Gasteiger partial charge in [0.1, 0.15) is 11.5 Å². The Morgan fingerprint density at radius 3 is 2.50 bits per heavy atom. The third-order valence-electron chi connectivity index (χ3n) is 7.27. The van der Waals surface area contributed by atoms with Gasteiger partial charge in [-0.2, -0.15) is 18.4 Å². The van der Waals surface area contributed by atoms with Crippen LogP contribution < -0.4 is 10.6 Å². The van der Waals surface area contributed by atoms with Crippen LogP contribution in [0.4, 0.5) is 18.2 Å². The van der Waals surface area contributed by atoms with E-state index in [2.05, 4.69) is 15.8 Å². The van der Waals surface area contributed by atoms with Crippen LogP contribution in [0.2, 0.25) is 10.0 Å². The molecule has 1 aliphatic carbocycles. The summed E-state index contributed by atoms with van der Waals surface area (Å²) in [5.74, 6) is -0.901. The molecule has 0 radical (unpaired) electrons. The van der Waals surface area contributed by atoms with Crippen molar-refractivity contribution in [2.45, 2.75) is 50.8 Å². The van der Waals surface area contributed by atoms with E-state index >= 15 is 0 Å². The van der Waals surface area contributed by atoms with Gasteiger partial charge in [-0.05, 0) is 79.6 Å². The van der Waals surface area contributed by atoms with Gasteiger partial charge >= 0.3 is 6.18 Å². The minimum Gasteiger partial charge on any atom is -0.374 e.